The molecular formula is C48H30N4. The number of H-pyrrole nitrogens is 4. The first-order chi connectivity index (χ1) is 25.7. The predicted molar refractivity (Wildman–Crippen MR) is 220 cm³/mol. The molecule has 4 N–H and O–H groups in total. The van der Waals surface area contributed by atoms with Crippen molar-refractivity contribution in [3.63, 3.8) is 0 Å². The first kappa shape index (κ1) is 27.7. The van der Waals surface area contributed by atoms with Crippen molar-refractivity contribution < 1.29 is 0 Å². The maximum atomic E-state index is 3.66. The molecule has 0 radical (unpaired) electrons. The van der Waals surface area contributed by atoms with Gasteiger partial charge in [-0.15, -0.1) is 0 Å². The molecule has 52 heavy (non-hydrogen) atoms. The molecule has 4 heterocycles. The van der Waals surface area contributed by atoms with Crippen LogP contribution in [0, 0.1) is 0 Å². The molecule has 0 aliphatic heterocycles. The number of nitrogens with one attached hydrogen (secondary N) is 4. The number of hydrogen-bond donors (Lipinski definition) is 4. The van der Waals surface area contributed by atoms with Gasteiger partial charge in [0.1, 0.15) is 0 Å². The Kier molecular flexibility index (Phi) is 5.47. The van der Waals surface area contributed by atoms with Gasteiger partial charge in [0.25, 0.3) is 0 Å². The van der Waals surface area contributed by atoms with Crippen LogP contribution in [-0.4, -0.2) is 19.9 Å². The molecule has 0 unspecified atom stereocenters. The van der Waals surface area contributed by atoms with Gasteiger partial charge in [-0.1, -0.05) is 72.8 Å². The molecule has 0 aliphatic rings. The van der Waals surface area contributed by atoms with Crippen LogP contribution < -0.4 is 0 Å². The fourth-order valence-electron chi connectivity index (χ4n) is 8.57. The van der Waals surface area contributed by atoms with E-state index in [2.05, 4.69) is 178 Å². The second-order valence-corrected chi connectivity index (χ2v) is 14.2. The summed E-state index contributed by atoms with van der Waals surface area (Å²) in [4.78, 5) is 14.4. The molecule has 0 saturated carbocycles. The Bertz CT molecular complexity index is 3190. The Morgan fingerprint density at radius 2 is 0.404 bits per heavy atom. The lowest BCUT2D eigenvalue weighted by atomic mass is 9.98. The average Bonchev–Trinajstić information content (AvgIpc) is 3.96. The predicted octanol–water partition coefficient (Wildman–Crippen LogP) is 13.2. The molecule has 4 heteroatoms. The monoisotopic (exact) mass is 662 g/mol. The highest BCUT2D eigenvalue weighted by atomic mass is 14.7. The number of aromatic nitrogens is 4. The summed E-state index contributed by atoms with van der Waals surface area (Å²) in [6.07, 6.45) is 0. The molecular weight excluding hydrogens is 633 g/mol. The number of benzene rings is 8. The minimum absolute atomic E-state index is 1.15. The van der Waals surface area contributed by atoms with Gasteiger partial charge in [-0.3, -0.25) is 0 Å². The largest absolute Gasteiger partial charge is 0.355 e. The Morgan fingerprint density at radius 1 is 0.192 bits per heavy atom. The van der Waals surface area contributed by atoms with Gasteiger partial charge in [0.2, 0.25) is 0 Å². The Morgan fingerprint density at radius 3 is 0.673 bits per heavy atom. The van der Waals surface area contributed by atoms with E-state index >= 15 is 0 Å². The van der Waals surface area contributed by atoms with Gasteiger partial charge in [0.05, 0.1) is 0 Å². The van der Waals surface area contributed by atoms with Crippen LogP contribution in [0.1, 0.15) is 0 Å². The molecule has 12 aromatic rings. The summed E-state index contributed by atoms with van der Waals surface area (Å²) in [5.41, 5.74) is 16.5. The smallest absolute Gasteiger partial charge is 0.0465 e. The lowest BCUT2D eigenvalue weighted by Crippen LogP contribution is -1.80. The molecule has 4 nitrogen and oxygen atoms in total. The van der Waals surface area contributed by atoms with Crippen LogP contribution in [0.2, 0.25) is 0 Å². The number of fused-ring (bicyclic) bond motifs is 12. The van der Waals surface area contributed by atoms with Crippen LogP contribution in [0.4, 0.5) is 0 Å². The van der Waals surface area contributed by atoms with Crippen molar-refractivity contribution in [2.45, 2.75) is 0 Å². The van der Waals surface area contributed by atoms with Crippen molar-refractivity contribution in [2.24, 2.45) is 0 Å². The third-order valence-electron chi connectivity index (χ3n) is 11.2. The fourth-order valence-corrected chi connectivity index (χ4v) is 8.57. The number of aromatic amines is 4. The SMILES string of the molecule is c1ccc2c(c1)[nH]c1ccc(-c3ccc4[nH]c5ccc(-c6ccc7[nH]c8ccc(-c9ccc%10[nH]c%11ccccc%11c%10c9)cc8c7c6)cc5c4c3)cc12. The van der Waals surface area contributed by atoms with E-state index in [1.165, 1.54) is 87.5 Å². The van der Waals surface area contributed by atoms with Gasteiger partial charge < -0.3 is 19.9 Å². The van der Waals surface area contributed by atoms with Crippen molar-refractivity contribution in [1.29, 1.82) is 0 Å². The van der Waals surface area contributed by atoms with E-state index < -0.39 is 0 Å². The van der Waals surface area contributed by atoms with Crippen LogP contribution in [-0.2, 0) is 0 Å². The van der Waals surface area contributed by atoms with Gasteiger partial charge in [-0.05, 0) is 118 Å². The van der Waals surface area contributed by atoms with E-state index in [9.17, 15) is 0 Å². The summed E-state index contributed by atoms with van der Waals surface area (Å²) in [5.74, 6) is 0. The van der Waals surface area contributed by atoms with Crippen molar-refractivity contribution >= 4 is 87.2 Å². The Labute approximate surface area is 297 Å². The average molecular weight is 663 g/mol. The molecule has 0 amide bonds. The summed E-state index contributed by atoms with van der Waals surface area (Å²) in [7, 11) is 0. The van der Waals surface area contributed by atoms with Crippen LogP contribution in [0.3, 0.4) is 0 Å². The highest BCUT2D eigenvalue weighted by Crippen LogP contribution is 2.38. The molecule has 0 atom stereocenters. The summed E-state index contributed by atoms with van der Waals surface area (Å²) in [6, 6.07) is 57.7. The first-order valence-electron chi connectivity index (χ1n) is 17.8. The minimum Gasteiger partial charge on any atom is -0.355 e. The van der Waals surface area contributed by atoms with Gasteiger partial charge in [-0.25, -0.2) is 0 Å². The zero-order chi connectivity index (χ0) is 33.9. The molecule has 8 aromatic carbocycles. The van der Waals surface area contributed by atoms with E-state index in [4.69, 9.17) is 0 Å². The van der Waals surface area contributed by atoms with E-state index in [1.807, 2.05) is 0 Å². The quantitative estimate of drug-likeness (QED) is 0.146. The second-order valence-electron chi connectivity index (χ2n) is 14.2. The van der Waals surface area contributed by atoms with Gasteiger partial charge in [0.15, 0.2) is 0 Å². The van der Waals surface area contributed by atoms with Crippen molar-refractivity contribution in [3.05, 3.63) is 158 Å². The van der Waals surface area contributed by atoms with Crippen LogP contribution in [0.5, 0.6) is 0 Å². The number of rotatable bonds is 3. The Balaban J connectivity index is 0.957. The third-order valence-corrected chi connectivity index (χ3v) is 11.2. The van der Waals surface area contributed by atoms with Gasteiger partial charge >= 0.3 is 0 Å². The van der Waals surface area contributed by atoms with Crippen LogP contribution in [0.15, 0.2) is 158 Å². The maximum Gasteiger partial charge on any atom is 0.0465 e. The second kappa shape index (κ2) is 10.3. The topological polar surface area (TPSA) is 63.2 Å². The van der Waals surface area contributed by atoms with Crippen molar-refractivity contribution in [1.82, 2.24) is 19.9 Å². The van der Waals surface area contributed by atoms with E-state index in [0.717, 1.165) is 33.1 Å². The third kappa shape index (κ3) is 4.03. The summed E-state index contributed by atoms with van der Waals surface area (Å²) < 4.78 is 0. The lowest BCUT2D eigenvalue weighted by molar-refractivity contribution is 1.53. The molecule has 4 aromatic heterocycles. The van der Waals surface area contributed by atoms with Crippen molar-refractivity contribution in [3.8, 4) is 33.4 Å². The summed E-state index contributed by atoms with van der Waals surface area (Å²) in [5, 5.41) is 9.96. The minimum atomic E-state index is 1.15. The summed E-state index contributed by atoms with van der Waals surface area (Å²) in [6.45, 7) is 0. The Hall–Kier alpha value is -7.04. The molecule has 0 fully saturated rings. The summed E-state index contributed by atoms with van der Waals surface area (Å²) >= 11 is 0. The highest BCUT2D eigenvalue weighted by molar-refractivity contribution is 6.14. The van der Waals surface area contributed by atoms with Gasteiger partial charge in [0, 0.05) is 87.2 Å². The van der Waals surface area contributed by atoms with E-state index in [0.29, 0.717) is 0 Å². The van der Waals surface area contributed by atoms with Crippen LogP contribution in [0.25, 0.3) is 121 Å². The standard InChI is InChI=1S/C48H30N4/c1-3-7-41-33(5-1)35-21-27(9-15-43(35)49-41)29-11-17-45-37(23-29)39-25-31(13-19-47(39)51-45)32-14-20-48-40(26-32)38-24-30(12-18-46(38)52-48)28-10-16-44-36(22-28)34-6-2-4-8-42(34)50-44/h1-26,49-52H. The molecule has 0 aliphatic carbocycles. The highest BCUT2D eigenvalue weighted by Gasteiger charge is 2.13. The molecule has 0 bridgehead atoms. The molecule has 12 rings (SSSR count). The number of hydrogen-bond acceptors (Lipinski definition) is 0. The van der Waals surface area contributed by atoms with Crippen molar-refractivity contribution in [2.75, 3.05) is 0 Å². The normalized spacial score (nSPS) is 12.2. The van der Waals surface area contributed by atoms with E-state index in [1.54, 1.807) is 0 Å². The van der Waals surface area contributed by atoms with E-state index in [-0.39, 0.29) is 0 Å². The lowest BCUT2D eigenvalue weighted by Gasteiger charge is -2.05. The molecule has 0 saturated heterocycles. The molecule has 0 spiro atoms. The first-order valence-corrected chi connectivity index (χ1v) is 17.8. The number of para-hydroxylation sites is 2. The zero-order valence-corrected chi connectivity index (χ0v) is 28.0. The maximum absolute atomic E-state index is 3.66. The van der Waals surface area contributed by atoms with Crippen LogP contribution >= 0.6 is 0 Å². The fraction of sp³-hybridized carbons (Fsp3) is 0. The zero-order valence-electron chi connectivity index (χ0n) is 28.0. The molecule has 242 valence electrons. The van der Waals surface area contributed by atoms with Gasteiger partial charge in [-0.2, -0.15) is 0 Å².